The van der Waals surface area contributed by atoms with Gasteiger partial charge in [0.2, 0.25) is 0 Å². The van der Waals surface area contributed by atoms with Crippen molar-refractivity contribution >= 4 is 6.09 Å². The molecule has 1 fully saturated rings. The molecule has 11 heavy (non-hydrogen) atoms. The number of carboxylic acid groups (broad SMARTS) is 1. The van der Waals surface area contributed by atoms with Crippen LogP contribution >= 0.6 is 0 Å². The molecule has 0 aromatic carbocycles. The molecule has 0 aromatic rings. The van der Waals surface area contributed by atoms with Crippen LogP contribution in [-0.2, 0) is 0 Å². The van der Waals surface area contributed by atoms with Crippen molar-refractivity contribution in [3.8, 4) is 0 Å². The van der Waals surface area contributed by atoms with E-state index < -0.39 is 12.2 Å². The van der Waals surface area contributed by atoms with Crippen LogP contribution in [0.2, 0.25) is 0 Å². The molecule has 0 radical (unpaired) electrons. The minimum atomic E-state index is -1.07. The first-order valence-electron chi connectivity index (χ1n) is 3.58. The first-order chi connectivity index (χ1) is 5.20. The van der Waals surface area contributed by atoms with Crippen molar-refractivity contribution in [2.75, 3.05) is 13.1 Å². The summed E-state index contributed by atoms with van der Waals surface area (Å²) in [7, 11) is 0. The highest BCUT2D eigenvalue weighted by atomic mass is 16.4. The maximum Gasteiger partial charge on any atom is 0.404 e. The summed E-state index contributed by atoms with van der Waals surface area (Å²) in [5.74, 6) is 0. The number of hydrogen-bond donors (Lipinski definition) is 4. The molecule has 5 heteroatoms. The molecule has 1 amide bonds. The Morgan fingerprint density at radius 1 is 1.64 bits per heavy atom. The number of carbonyl (C=O) groups is 1. The molecule has 0 spiro atoms. The van der Waals surface area contributed by atoms with Crippen LogP contribution in [0.4, 0.5) is 4.79 Å². The maximum absolute atomic E-state index is 10.2. The van der Waals surface area contributed by atoms with E-state index in [0.717, 1.165) is 6.54 Å². The van der Waals surface area contributed by atoms with Gasteiger partial charge in [0, 0.05) is 6.54 Å². The van der Waals surface area contributed by atoms with Gasteiger partial charge in [-0.15, -0.1) is 0 Å². The zero-order chi connectivity index (χ0) is 8.27. The summed E-state index contributed by atoms with van der Waals surface area (Å²) in [6.45, 7) is 1.22. The van der Waals surface area contributed by atoms with Crippen LogP contribution in [-0.4, -0.2) is 41.5 Å². The van der Waals surface area contributed by atoms with Gasteiger partial charge in [-0.1, -0.05) is 0 Å². The number of hydrogen-bond acceptors (Lipinski definition) is 3. The molecule has 0 aromatic heterocycles. The highest BCUT2D eigenvalue weighted by Crippen LogP contribution is 2.02. The van der Waals surface area contributed by atoms with Crippen LogP contribution in [0.15, 0.2) is 0 Å². The maximum atomic E-state index is 10.2. The Morgan fingerprint density at radius 3 is 2.91 bits per heavy atom. The fourth-order valence-electron chi connectivity index (χ4n) is 1.17. The lowest BCUT2D eigenvalue weighted by Gasteiger charge is -2.27. The average molecular weight is 160 g/mol. The third kappa shape index (κ3) is 2.36. The van der Waals surface area contributed by atoms with E-state index in [4.69, 9.17) is 5.11 Å². The van der Waals surface area contributed by atoms with Crippen LogP contribution in [0.1, 0.15) is 6.42 Å². The van der Waals surface area contributed by atoms with E-state index in [1.54, 1.807) is 0 Å². The van der Waals surface area contributed by atoms with Crippen LogP contribution in [0.5, 0.6) is 0 Å². The van der Waals surface area contributed by atoms with Gasteiger partial charge in [0.05, 0.1) is 12.1 Å². The second-order valence-corrected chi connectivity index (χ2v) is 2.62. The van der Waals surface area contributed by atoms with E-state index >= 15 is 0 Å². The Bertz CT molecular complexity index is 151. The lowest BCUT2D eigenvalue weighted by molar-refractivity contribution is 0.0986. The molecule has 1 aliphatic heterocycles. The van der Waals surface area contributed by atoms with Gasteiger partial charge in [0.25, 0.3) is 0 Å². The molecule has 0 aliphatic carbocycles. The smallest absolute Gasteiger partial charge is 0.404 e. The van der Waals surface area contributed by atoms with E-state index in [0.29, 0.717) is 13.0 Å². The number of aliphatic hydroxyl groups excluding tert-OH is 1. The number of amides is 1. The van der Waals surface area contributed by atoms with E-state index in [-0.39, 0.29) is 6.04 Å². The summed E-state index contributed by atoms with van der Waals surface area (Å²) >= 11 is 0. The normalized spacial score (nSPS) is 31.4. The summed E-state index contributed by atoms with van der Waals surface area (Å²) in [5, 5.41) is 22.8. The summed E-state index contributed by atoms with van der Waals surface area (Å²) < 4.78 is 0. The number of nitrogens with one attached hydrogen (secondary N) is 2. The lowest BCUT2D eigenvalue weighted by atomic mass is 10.0. The lowest BCUT2D eigenvalue weighted by Crippen LogP contribution is -2.52. The molecule has 0 unspecified atom stereocenters. The standard InChI is InChI=1S/C6H12N2O3/c9-5-3-7-2-1-4(5)8-6(10)11/h4-5,7-9H,1-3H2,(H,10,11)/t4-,5-/m0/s1. The summed E-state index contributed by atoms with van der Waals surface area (Å²) in [6.07, 6.45) is -1.02. The molecule has 5 nitrogen and oxygen atoms in total. The molecule has 1 saturated heterocycles. The zero-order valence-corrected chi connectivity index (χ0v) is 6.08. The van der Waals surface area contributed by atoms with Crippen molar-refractivity contribution in [1.29, 1.82) is 0 Å². The third-order valence-electron chi connectivity index (χ3n) is 1.76. The number of β-amino-alcohol motifs (C(OH)–C–C–N with tert-alkyl or cyclic N) is 1. The highest BCUT2D eigenvalue weighted by molar-refractivity contribution is 5.64. The van der Waals surface area contributed by atoms with Crippen molar-refractivity contribution in [2.24, 2.45) is 0 Å². The van der Waals surface area contributed by atoms with Crippen LogP contribution < -0.4 is 10.6 Å². The second-order valence-electron chi connectivity index (χ2n) is 2.62. The monoisotopic (exact) mass is 160 g/mol. The number of rotatable bonds is 1. The Kier molecular flexibility index (Phi) is 2.67. The molecule has 1 aliphatic rings. The number of aliphatic hydroxyl groups is 1. The minimum absolute atomic E-state index is 0.311. The largest absolute Gasteiger partial charge is 0.465 e. The summed E-state index contributed by atoms with van der Waals surface area (Å²) in [6, 6.07) is -0.311. The van der Waals surface area contributed by atoms with Crippen LogP contribution in [0, 0.1) is 0 Å². The Labute approximate surface area is 64.4 Å². The third-order valence-corrected chi connectivity index (χ3v) is 1.76. The van der Waals surface area contributed by atoms with Gasteiger partial charge in [-0.3, -0.25) is 0 Å². The predicted molar refractivity (Wildman–Crippen MR) is 38.4 cm³/mol. The Balaban J connectivity index is 2.35. The molecule has 0 saturated carbocycles. The highest BCUT2D eigenvalue weighted by Gasteiger charge is 2.23. The Hall–Kier alpha value is -0.810. The zero-order valence-electron chi connectivity index (χ0n) is 6.08. The first-order valence-corrected chi connectivity index (χ1v) is 3.58. The summed E-state index contributed by atoms with van der Waals surface area (Å²) in [4.78, 5) is 10.2. The van der Waals surface area contributed by atoms with Crippen molar-refractivity contribution in [3.63, 3.8) is 0 Å². The molecule has 64 valence electrons. The quantitative estimate of drug-likeness (QED) is 0.395. The van der Waals surface area contributed by atoms with Gasteiger partial charge < -0.3 is 20.8 Å². The fraction of sp³-hybridized carbons (Fsp3) is 0.833. The van der Waals surface area contributed by atoms with E-state index in [2.05, 4.69) is 10.6 Å². The van der Waals surface area contributed by atoms with E-state index in [1.807, 2.05) is 0 Å². The van der Waals surface area contributed by atoms with E-state index in [1.165, 1.54) is 0 Å². The molecule has 4 N–H and O–H groups in total. The molecular weight excluding hydrogens is 148 g/mol. The van der Waals surface area contributed by atoms with Crippen molar-refractivity contribution in [2.45, 2.75) is 18.6 Å². The first kappa shape index (κ1) is 8.29. The molecule has 0 bridgehead atoms. The van der Waals surface area contributed by atoms with E-state index in [9.17, 15) is 9.90 Å². The SMILES string of the molecule is O=C(O)N[C@H]1CCNC[C@@H]1O. The van der Waals surface area contributed by atoms with Gasteiger partial charge in [-0.05, 0) is 13.0 Å². The van der Waals surface area contributed by atoms with Gasteiger partial charge in [0.15, 0.2) is 0 Å². The van der Waals surface area contributed by atoms with Crippen molar-refractivity contribution < 1.29 is 15.0 Å². The summed E-state index contributed by atoms with van der Waals surface area (Å²) in [5.41, 5.74) is 0. The molecular formula is C6H12N2O3. The van der Waals surface area contributed by atoms with Crippen LogP contribution in [0.3, 0.4) is 0 Å². The van der Waals surface area contributed by atoms with Crippen molar-refractivity contribution in [3.05, 3.63) is 0 Å². The van der Waals surface area contributed by atoms with Gasteiger partial charge >= 0.3 is 6.09 Å². The minimum Gasteiger partial charge on any atom is -0.465 e. The predicted octanol–water partition coefficient (Wildman–Crippen LogP) is -1.02. The van der Waals surface area contributed by atoms with Gasteiger partial charge in [-0.25, -0.2) is 4.79 Å². The van der Waals surface area contributed by atoms with Crippen LogP contribution in [0.25, 0.3) is 0 Å². The van der Waals surface area contributed by atoms with Crippen molar-refractivity contribution in [1.82, 2.24) is 10.6 Å². The fourth-order valence-corrected chi connectivity index (χ4v) is 1.17. The molecule has 2 atom stereocenters. The van der Waals surface area contributed by atoms with Gasteiger partial charge in [0.1, 0.15) is 0 Å². The van der Waals surface area contributed by atoms with Gasteiger partial charge in [-0.2, -0.15) is 0 Å². The number of piperidine rings is 1. The second kappa shape index (κ2) is 3.54. The topological polar surface area (TPSA) is 81.6 Å². The molecule has 1 heterocycles. The Morgan fingerprint density at radius 2 is 2.36 bits per heavy atom. The average Bonchev–Trinajstić information content (AvgIpc) is 1.93. The molecule has 1 rings (SSSR count).